The van der Waals surface area contributed by atoms with Crippen LogP contribution in [0.5, 0.6) is 0 Å². The Bertz CT molecular complexity index is 3400. The maximum atomic E-state index is 7.12. The summed E-state index contributed by atoms with van der Waals surface area (Å²) in [4.78, 5) is 10.9. The van der Waals surface area contributed by atoms with E-state index in [1.54, 1.807) is 0 Å². The minimum atomic E-state index is -0.498. The normalized spacial score (nSPS) is 14.1. The van der Waals surface area contributed by atoms with Crippen molar-refractivity contribution in [2.45, 2.75) is 18.4 Å². The average Bonchev–Trinajstić information content (AvgIpc) is 3.96. The van der Waals surface area contributed by atoms with Gasteiger partial charge >= 0.3 is 0 Å². The number of para-hydroxylation sites is 1. The van der Waals surface area contributed by atoms with Gasteiger partial charge in [0.1, 0.15) is 5.84 Å². The Morgan fingerprint density at radius 3 is 1.57 bits per heavy atom. The van der Waals surface area contributed by atoms with Crippen molar-refractivity contribution in [2.75, 3.05) is 0 Å². The van der Waals surface area contributed by atoms with Crippen molar-refractivity contribution >= 4 is 33.6 Å². The van der Waals surface area contributed by atoms with Gasteiger partial charge < -0.3 is 5.73 Å². The largest absolute Gasteiger partial charge is 0.383 e. The molecule has 2 aliphatic rings. The van der Waals surface area contributed by atoms with Crippen molar-refractivity contribution in [1.82, 2.24) is 4.57 Å². The Hall–Kier alpha value is -8.08. The fourth-order valence-corrected chi connectivity index (χ4v) is 10.4. The van der Waals surface area contributed by atoms with Crippen LogP contribution in [0.25, 0.3) is 66.3 Å². The summed E-state index contributed by atoms with van der Waals surface area (Å²) in [7, 11) is 0. The lowest BCUT2D eigenvalue weighted by molar-refractivity contribution is 0.794. The first kappa shape index (κ1) is 36.7. The van der Waals surface area contributed by atoms with Crippen LogP contribution in [0.3, 0.4) is 0 Å². The molecule has 1 spiro atoms. The Morgan fingerprint density at radius 1 is 0.460 bits per heavy atom. The molecule has 1 atom stereocenters. The number of nitrogens with zero attached hydrogens (tertiary/aromatic N) is 3. The third-order valence-electron chi connectivity index (χ3n) is 13.3. The molecule has 10 aromatic rings. The number of amidine groups is 1. The molecule has 2 aliphatic carbocycles. The third kappa shape index (κ3) is 5.61. The molecule has 1 heterocycles. The molecule has 0 aliphatic heterocycles. The van der Waals surface area contributed by atoms with E-state index in [1.807, 2.05) is 12.1 Å². The predicted molar refractivity (Wildman–Crippen MR) is 261 cm³/mol. The van der Waals surface area contributed by atoms with Crippen LogP contribution in [0.2, 0.25) is 0 Å². The van der Waals surface area contributed by atoms with Gasteiger partial charge in [-0.15, -0.1) is 0 Å². The SMILES string of the molecule is CC(N=C(/N=C(\N)c1ccc(-c2ccccc2)cc1)n1c2ccccc2c2ccc3c(c21)-c1ccccc1C31c2ccccc2-c2ccccc21)c1ccc(-c2ccccc2)cc1. The van der Waals surface area contributed by atoms with Crippen LogP contribution in [-0.4, -0.2) is 16.4 Å². The second-order valence-electron chi connectivity index (χ2n) is 16.7. The van der Waals surface area contributed by atoms with Gasteiger partial charge in [-0.05, 0) is 79.8 Å². The highest BCUT2D eigenvalue weighted by molar-refractivity contribution is 6.21. The van der Waals surface area contributed by atoms with E-state index in [2.05, 4.69) is 218 Å². The van der Waals surface area contributed by atoms with E-state index < -0.39 is 5.41 Å². The number of hydrogen-bond acceptors (Lipinski definition) is 1. The lowest BCUT2D eigenvalue weighted by Gasteiger charge is -2.30. The zero-order chi connectivity index (χ0) is 42.1. The minimum Gasteiger partial charge on any atom is -0.383 e. The van der Waals surface area contributed by atoms with Gasteiger partial charge in [0.2, 0.25) is 5.96 Å². The lowest BCUT2D eigenvalue weighted by atomic mass is 9.70. The molecule has 298 valence electrons. The van der Waals surface area contributed by atoms with E-state index in [9.17, 15) is 0 Å². The number of aliphatic imine (C=N–C) groups is 2. The third-order valence-corrected chi connectivity index (χ3v) is 13.3. The second kappa shape index (κ2) is 14.5. The molecule has 0 amide bonds. The van der Waals surface area contributed by atoms with Crippen molar-refractivity contribution in [2.24, 2.45) is 15.7 Å². The molecule has 0 saturated carbocycles. The molecule has 63 heavy (non-hydrogen) atoms. The molecule has 0 radical (unpaired) electrons. The molecule has 12 rings (SSSR count). The summed E-state index contributed by atoms with van der Waals surface area (Å²) in [6.07, 6.45) is 0. The van der Waals surface area contributed by atoms with Crippen molar-refractivity contribution in [3.8, 4) is 44.5 Å². The summed E-state index contributed by atoms with van der Waals surface area (Å²) in [5, 5.41) is 2.28. The number of rotatable bonds is 5. The van der Waals surface area contributed by atoms with Gasteiger partial charge in [-0.2, -0.15) is 4.99 Å². The Kier molecular flexibility index (Phi) is 8.48. The molecule has 4 heteroatoms. The highest BCUT2D eigenvalue weighted by Gasteiger charge is 2.52. The molecule has 9 aromatic carbocycles. The monoisotopic (exact) mass is 806 g/mol. The van der Waals surface area contributed by atoms with E-state index in [1.165, 1.54) is 50.1 Å². The summed E-state index contributed by atoms with van der Waals surface area (Å²) >= 11 is 0. The number of fused-ring (bicyclic) bond motifs is 14. The van der Waals surface area contributed by atoms with Crippen LogP contribution in [0.4, 0.5) is 0 Å². The van der Waals surface area contributed by atoms with Crippen molar-refractivity contribution < 1.29 is 0 Å². The lowest BCUT2D eigenvalue weighted by Crippen LogP contribution is -2.25. The maximum absolute atomic E-state index is 7.12. The highest BCUT2D eigenvalue weighted by atomic mass is 15.2. The molecule has 0 saturated heterocycles. The van der Waals surface area contributed by atoms with Gasteiger partial charge in [-0.1, -0.05) is 212 Å². The van der Waals surface area contributed by atoms with Crippen molar-refractivity contribution in [3.05, 3.63) is 252 Å². The van der Waals surface area contributed by atoms with Crippen LogP contribution in [-0.2, 0) is 5.41 Å². The molecular formula is C59H42N4. The quantitative estimate of drug-likeness (QED) is 0.137. The summed E-state index contributed by atoms with van der Waals surface area (Å²) in [5.74, 6) is 0.929. The fraction of sp³-hybridized carbons (Fsp3) is 0.0508. The molecular weight excluding hydrogens is 765 g/mol. The Labute approximate surface area is 367 Å². The standard InChI is InChI=1S/C59H42N4/c1-38(39-28-30-42(31-29-39)40-16-4-2-5-17-40)61-58(62-57(60)44-34-32-43(33-35-44)41-18-6-3-7-19-41)63-54-27-15-11-22-47(54)48-36-37-53-55(56(48)63)49-23-10-14-26-52(49)59(53)50-24-12-8-20-45(50)46-21-9-13-25-51(46)59/h2-38H,1H3,(H2,60,61,62). The number of hydrogen-bond donors (Lipinski definition) is 1. The van der Waals surface area contributed by atoms with Gasteiger partial charge in [0.25, 0.3) is 0 Å². The van der Waals surface area contributed by atoms with Gasteiger partial charge in [0.05, 0.1) is 22.5 Å². The topological polar surface area (TPSA) is 55.7 Å². The molecule has 4 nitrogen and oxygen atoms in total. The van der Waals surface area contributed by atoms with Crippen molar-refractivity contribution in [1.29, 1.82) is 0 Å². The van der Waals surface area contributed by atoms with Crippen LogP contribution in [0, 0.1) is 0 Å². The fourth-order valence-electron chi connectivity index (χ4n) is 10.4. The van der Waals surface area contributed by atoms with Gasteiger partial charge in [0, 0.05) is 21.9 Å². The summed E-state index contributed by atoms with van der Waals surface area (Å²) in [5.41, 5.74) is 25.4. The van der Waals surface area contributed by atoms with Gasteiger partial charge in [-0.3, -0.25) is 4.57 Å². The molecule has 0 fully saturated rings. The van der Waals surface area contributed by atoms with Gasteiger partial charge in [0.15, 0.2) is 0 Å². The van der Waals surface area contributed by atoms with E-state index in [-0.39, 0.29) is 6.04 Å². The maximum Gasteiger partial charge on any atom is 0.232 e. The van der Waals surface area contributed by atoms with E-state index in [4.69, 9.17) is 15.7 Å². The van der Waals surface area contributed by atoms with E-state index >= 15 is 0 Å². The van der Waals surface area contributed by atoms with E-state index in [0.717, 1.165) is 49.6 Å². The zero-order valence-corrected chi connectivity index (χ0v) is 34.8. The zero-order valence-electron chi connectivity index (χ0n) is 34.8. The number of nitrogens with two attached hydrogens (primary N) is 1. The van der Waals surface area contributed by atoms with Crippen molar-refractivity contribution in [3.63, 3.8) is 0 Å². The molecule has 1 aromatic heterocycles. The summed E-state index contributed by atoms with van der Waals surface area (Å²) in [6.45, 7) is 2.15. The van der Waals surface area contributed by atoms with Gasteiger partial charge in [-0.25, -0.2) is 4.99 Å². The first-order valence-corrected chi connectivity index (χ1v) is 21.7. The average molecular weight is 807 g/mol. The molecule has 2 N–H and O–H groups in total. The number of aromatic nitrogens is 1. The second-order valence-corrected chi connectivity index (χ2v) is 16.7. The predicted octanol–water partition coefficient (Wildman–Crippen LogP) is 13.8. The smallest absolute Gasteiger partial charge is 0.232 e. The molecule has 1 unspecified atom stereocenters. The van der Waals surface area contributed by atoms with Crippen LogP contribution < -0.4 is 5.73 Å². The Morgan fingerprint density at radius 2 is 0.952 bits per heavy atom. The first-order valence-electron chi connectivity index (χ1n) is 21.7. The minimum absolute atomic E-state index is 0.248. The molecule has 0 bridgehead atoms. The highest BCUT2D eigenvalue weighted by Crippen LogP contribution is 2.64. The number of benzene rings is 9. The summed E-state index contributed by atoms with van der Waals surface area (Å²) < 4.78 is 2.28. The van der Waals surface area contributed by atoms with Crippen LogP contribution in [0.15, 0.2) is 228 Å². The summed E-state index contributed by atoms with van der Waals surface area (Å²) in [6, 6.07) is 78.0. The first-order chi connectivity index (χ1) is 31.1. The van der Waals surface area contributed by atoms with E-state index in [0.29, 0.717) is 11.8 Å². The van der Waals surface area contributed by atoms with Crippen LogP contribution in [0.1, 0.15) is 46.3 Å². The van der Waals surface area contributed by atoms with Crippen LogP contribution >= 0.6 is 0 Å². The Balaban J connectivity index is 1.11.